The highest BCUT2D eigenvalue weighted by Gasteiger charge is 1.94. The molecule has 0 heteroatoms. The van der Waals surface area contributed by atoms with Crippen molar-refractivity contribution in [3.63, 3.8) is 0 Å². The van der Waals surface area contributed by atoms with E-state index in [1.165, 1.54) is 96.3 Å². The summed E-state index contributed by atoms with van der Waals surface area (Å²) in [4.78, 5) is 0. The Morgan fingerprint density at radius 2 is 1.00 bits per heavy atom. The molecule has 0 saturated heterocycles. The van der Waals surface area contributed by atoms with Crippen molar-refractivity contribution in [1.82, 2.24) is 0 Å². The molecule has 0 bridgehead atoms. The lowest BCUT2D eigenvalue weighted by Crippen LogP contribution is -1.87. The van der Waals surface area contributed by atoms with Crippen LogP contribution in [0.2, 0.25) is 0 Å². The van der Waals surface area contributed by atoms with Crippen molar-refractivity contribution in [3.8, 4) is 0 Å². The molecule has 126 valence electrons. The quantitative estimate of drug-likeness (QED) is 0.199. The molecule has 0 radical (unpaired) electrons. The van der Waals surface area contributed by atoms with Crippen LogP contribution in [-0.2, 0) is 0 Å². The van der Waals surface area contributed by atoms with Gasteiger partial charge in [0.25, 0.3) is 0 Å². The number of unbranched alkanes of at least 4 members (excludes halogenated alkanes) is 12. The van der Waals surface area contributed by atoms with Crippen molar-refractivity contribution in [3.05, 3.63) is 12.2 Å². The molecule has 0 heterocycles. The Labute approximate surface area is 135 Å². The SMILES string of the molecule is CCCCCCCC=CCCCCCCCCCC(C)C. The van der Waals surface area contributed by atoms with Crippen LogP contribution in [0, 0.1) is 5.92 Å². The topological polar surface area (TPSA) is 0 Å². The zero-order chi connectivity index (χ0) is 15.6. The second kappa shape index (κ2) is 17.8. The molecule has 0 fully saturated rings. The van der Waals surface area contributed by atoms with Crippen molar-refractivity contribution in [2.75, 3.05) is 0 Å². The third-order valence-corrected chi connectivity index (χ3v) is 4.29. The molecule has 0 aliphatic carbocycles. The van der Waals surface area contributed by atoms with E-state index in [0.29, 0.717) is 0 Å². The van der Waals surface area contributed by atoms with Crippen molar-refractivity contribution in [2.45, 2.75) is 117 Å². The van der Waals surface area contributed by atoms with E-state index < -0.39 is 0 Å². The second-order valence-electron chi connectivity index (χ2n) is 7.12. The monoisotopic (exact) mass is 294 g/mol. The Bertz CT molecular complexity index is 202. The van der Waals surface area contributed by atoms with Crippen LogP contribution >= 0.6 is 0 Å². The van der Waals surface area contributed by atoms with E-state index in [9.17, 15) is 0 Å². The van der Waals surface area contributed by atoms with Crippen LogP contribution in [0.5, 0.6) is 0 Å². The average molecular weight is 295 g/mol. The van der Waals surface area contributed by atoms with Gasteiger partial charge < -0.3 is 0 Å². The van der Waals surface area contributed by atoms with Crippen molar-refractivity contribution < 1.29 is 0 Å². The molecule has 0 atom stereocenters. The van der Waals surface area contributed by atoms with E-state index in [1.807, 2.05) is 0 Å². The molecule has 0 saturated carbocycles. The molecule has 0 aromatic rings. The molecule has 0 aliphatic rings. The molecule has 21 heavy (non-hydrogen) atoms. The van der Waals surface area contributed by atoms with Crippen molar-refractivity contribution >= 4 is 0 Å². The predicted molar refractivity (Wildman–Crippen MR) is 98.9 cm³/mol. The van der Waals surface area contributed by atoms with Crippen LogP contribution in [0.3, 0.4) is 0 Å². The van der Waals surface area contributed by atoms with Crippen LogP contribution in [0.4, 0.5) is 0 Å². The smallest absolute Gasteiger partial charge is 0.0351 e. The zero-order valence-electron chi connectivity index (χ0n) is 15.3. The van der Waals surface area contributed by atoms with Crippen LogP contribution in [-0.4, -0.2) is 0 Å². The Morgan fingerprint density at radius 1 is 0.571 bits per heavy atom. The lowest BCUT2D eigenvalue weighted by atomic mass is 10.0. The first-order valence-electron chi connectivity index (χ1n) is 9.92. The summed E-state index contributed by atoms with van der Waals surface area (Å²) in [6, 6.07) is 0. The summed E-state index contributed by atoms with van der Waals surface area (Å²) in [6.07, 6.45) is 26.0. The Balaban J connectivity index is 3.04. The number of rotatable bonds is 16. The molecular formula is C21H42. The molecule has 0 aromatic heterocycles. The minimum atomic E-state index is 0.892. The zero-order valence-corrected chi connectivity index (χ0v) is 15.3. The number of hydrogen-bond donors (Lipinski definition) is 0. The molecule has 0 N–H and O–H groups in total. The van der Waals surface area contributed by atoms with Gasteiger partial charge >= 0.3 is 0 Å². The van der Waals surface area contributed by atoms with E-state index in [-0.39, 0.29) is 0 Å². The van der Waals surface area contributed by atoms with Gasteiger partial charge in [-0.05, 0) is 31.6 Å². The van der Waals surface area contributed by atoms with Crippen LogP contribution in [0.1, 0.15) is 117 Å². The Kier molecular flexibility index (Phi) is 17.6. The van der Waals surface area contributed by atoms with E-state index >= 15 is 0 Å². The van der Waals surface area contributed by atoms with E-state index in [2.05, 4.69) is 32.9 Å². The summed E-state index contributed by atoms with van der Waals surface area (Å²) < 4.78 is 0. The van der Waals surface area contributed by atoms with Gasteiger partial charge in [-0.2, -0.15) is 0 Å². The molecule has 0 spiro atoms. The number of allylic oxidation sites excluding steroid dienone is 2. The van der Waals surface area contributed by atoms with Gasteiger partial charge in [-0.25, -0.2) is 0 Å². The fourth-order valence-electron chi connectivity index (χ4n) is 2.80. The maximum atomic E-state index is 2.42. The molecule has 0 amide bonds. The number of hydrogen-bond acceptors (Lipinski definition) is 0. The standard InChI is InChI=1S/C21H42/c1-4-5-6-7-8-9-10-11-12-13-14-15-16-17-18-19-20-21(2)3/h10-11,21H,4-9,12-20H2,1-3H3. The van der Waals surface area contributed by atoms with Crippen molar-refractivity contribution in [2.24, 2.45) is 5.92 Å². The van der Waals surface area contributed by atoms with Crippen LogP contribution in [0.15, 0.2) is 12.2 Å². The summed E-state index contributed by atoms with van der Waals surface area (Å²) in [5.41, 5.74) is 0. The Morgan fingerprint density at radius 3 is 1.48 bits per heavy atom. The average Bonchev–Trinajstić information content (AvgIpc) is 2.46. The van der Waals surface area contributed by atoms with Gasteiger partial charge in [0, 0.05) is 0 Å². The maximum Gasteiger partial charge on any atom is -0.0351 e. The lowest BCUT2D eigenvalue weighted by Gasteiger charge is -2.04. The summed E-state index contributed by atoms with van der Waals surface area (Å²) >= 11 is 0. The maximum absolute atomic E-state index is 2.42. The Hall–Kier alpha value is -0.260. The molecule has 0 aromatic carbocycles. The fraction of sp³-hybridized carbons (Fsp3) is 0.905. The summed E-state index contributed by atoms with van der Waals surface area (Å²) in [5, 5.41) is 0. The van der Waals surface area contributed by atoms with Gasteiger partial charge in [0.2, 0.25) is 0 Å². The largest absolute Gasteiger partial charge is 0.0885 e. The van der Waals surface area contributed by atoms with Crippen molar-refractivity contribution in [1.29, 1.82) is 0 Å². The predicted octanol–water partition coefficient (Wildman–Crippen LogP) is 8.07. The van der Waals surface area contributed by atoms with Gasteiger partial charge in [-0.3, -0.25) is 0 Å². The van der Waals surface area contributed by atoms with Gasteiger partial charge in [0.1, 0.15) is 0 Å². The van der Waals surface area contributed by atoms with Gasteiger partial charge in [-0.15, -0.1) is 0 Å². The van der Waals surface area contributed by atoms with E-state index in [0.717, 1.165) is 5.92 Å². The molecular weight excluding hydrogens is 252 g/mol. The van der Waals surface area contributed by atoms with Gasteiger partial charge in [0.05, 0.1) is 0 Å². The fourth-order valence-corrected chi connectivity index (χ4v) is 2.80. The van der Waals surface area contributed by atoms with Crippen LogP contribution < -0.4 is 0 Å². The van der Waals surface area contributed by atoms with Gasteiger partial charge in [0.15, 0.2) is 0 Å². The minimum absolute atomic E-state index is 0.892. The minimum Gasteiger partial charge on any atom is -0.0885 e. The summed E-state index contributed by atoms with van der Waals surface area (Å²) in [6.45, 7) is 6.95. The first kappa shape index (κ1) is 20.7. The van der Waals surface area contributed by atoms with Gasteiger partial charge in [-0.1, -0.05) is 104 Å². The molecule has 0 rings (SSSR count). The first-order valence-corrected chi connectivity index (χ1v) is 9.92. The highest BCUT2D eigenvalue weighted by atomic mass is 14.0. The summed E-state index contributed by atoms with van der Waals surface area (Å²) in [7, 11) is 0. The van der Waals surface area contributed by atoms with E-state index in [4.69, 9.17) is 0 Å². The van der Waals surface area contributed by atoms with Crippen LogP contribution in [0.25, 0.3) is 0 Å². The highest BCUT2D eigenvalue weighted by molar-refractivity contribution is 4.81. The lowest BCUT2D eigenvalue weighted by molar-refractivity contribution is 0.509. The second-order valence-corrected chi connectivity index (χ2v) is 7.12. The third-order valence-electron chi connectivity index (χ3n) is 4.29. The molecule has 0 unspecified atom stereocenters. The molecule has 0 nitrogen and oxygen atoms in total. The first-order chi connectivity index (χ1) is 10.3. The third kappa shape index (κ3) is 19.7. The molecule has 0 aliphatic heterocycles. The summed E-state index contributed by atoms with van der Waals surface area (Å²) in [5.74, 6) is 0.892. The normalized spacial score (nSPS) is 11.8. The van der Waals surface area contributed by atoms with E-state index in [1.54, 1.807) is 0 Å². The highest BCUT2D eigenvalue weighted by Crippen LogP contribution is 2.13.